The third-order valence-corrected chi connectivity index (χ3v) is 3.07. The predicted octanol–water partition coefficient (Wildman–Crippen LogP) is 2.22. The molecular formula is C13H13N3O4. The van der Waals surface area contributed by atoms with Crippen molar-refractivity contribution in [3.05, 3.63) is 45.3 Å². The number of benzene rings is 1. The van der Waals surface area contributed by atoms with Gasteiger partial charge in [0.1, 0.15) is 5.69 Å². The lowest BCUT2D eigenvalue weighted by atomic mass is 10.2. The van der Waals surface area contributed by atoms with Crippen molar-refractivity contribution in [2.24, 2.45) is 0 Å². The quantitative estimate of drug-likeness (QED) is 0.485. The smallest absolute Gasteiger partial charge is 0.273 e. The fraction of sp³-hybridized carbons (Fsp3) is 0.231. The van der Waals surface area contributed by atoms with Crippen molar-refractivity contribution in [1.82, 2.24) is 9.78 Å². The number of non-ortho nitro benzene ring substituents is 1. The second-order valence-corrected chi connectivity index (χ2v) is 4.23. The lowest BCUT2D eigenvalue weighted by Crippen LogP contribution is -2.03. The van der Waals surface area contributed by atoms with Crippen LogP contribution in [0.15, 0.2) is 18.2 Å². The largest absolute Gasteiger partial charge is 0.494 e. The minimum atomic E-state index is -0.496. The maximum absolute atomic E-state index is 11.0. The summed E-state index contributed by atoms with van der Waals surface area (Å²) in [7, 11) is 1.43. The van der Waals surface area contributed by atoms with Gasteiger partial charge in [-0.2, -0.15) is 5.10 Å². The number of methoxy groups -OCH3 is 1. The second kappa shape index (κ2) is 5.12. The molecule has 2 aromatic rings. The van der Waals surface area contributed by atoms with E-state index in [-0.39, 0.29) is 5.69 Å². The highest BCUT2D eigenvalue weighted by molar-refractivity contribution is 5.78. The van der Waals surface area contributed by atoms with E-state index in [9.17, 15) is 14.9 Å². The third-order valence-electron chi connectivity index (χ3n) is 3.07. The molecule has 0 fully saturated rings. The number of nitro groups is 1. The number of aryl methyl sites for hydroxylation is 1. The molecule has 0 N–H and O–H groups in total. The number of carbonyl (C=O) groups is 1. The molecule has 104 valence electrons. The van der Waals surface area contributed by atoms with Gasteiger partial charge >= 0.3 is 0 Å². The molecule has 0 saturated heterocycles. The zero-order valence-electron chi connectivity index (χ0n) is 11.3. The first kappa shape index (κ1) is 13.7. The summed E-state index contributed by atoms with van der Waals surface area (Å²) in [6, 6.07) is 4.24. The van der Waals surface area contributed by atoms with E-state index in [0.717, 1.165) is 6.29 Å². The normalized spacial score (nSPS) is 10.3. The van der Waals surface area contributed by atoms with E-state index < -0.39 is 4.92 Å². The van der Waals surface area contributed by atoms with Crippen LogP contribution in [-0.4, -0.2) is 28.1 Å². The number of aldehydes is 1. The van der Waals surface area contributed by atoms with Gasteiger partial charge < -0.3 is 4.74 Å². The Morgan fingerprint density at radius 2 is 2.10 bits per heavy atom. The molecule has 7 nitrogen and oxygen atoms in total. The van der Waals surface area contributed by atoms with Crippen molar-refractivity contribution >= 4 is 12.0 Å². The van der Waals surface area contributed by atoms with Crippen LogP contribution in [0, 0.1) is 24.0 Å². The van der Waals surface area contributed by atoms with Gasteiger partial charge in [0.25, 0.3) is 5.69 Å². The number of carbonyl (C=O) groups excluding carboxylic acids is 1. The fourth-order valence-electron chi connectivity index (χ4n) is 2.01. The Balaban J connectivity index is 2.64. The zero-order chi connectivity index (χ0) is 14.9. The van der Waals surface area contributed by atoms with Crippen LogP contribution in [0.1, 0.15) is 21.7 Å². The van der Waals surface area contributed by atoms with E-state index >= 15 is 0 Å². The average molecular weight is 275 g/mol. The minimum absolute atomic E-state index is 0.0669. The van der Waals surface area contributed by atoms with Crippen molar-refractivity contribution in [2.45, 2.75) is 13.8 Å². The molecule has 1 aromatic carbocycles. The van der Waals surface area contributed by atoms with E-state index in [1.54, 1.807) is 24.6 Å². The van der Waals surface area contributed by atoms with Crippen molar-refractivity contribution in [3.63, 3.8) is 0 Å². The first-order valence-corrected chi connectivity index (χ1v) is 5.83. The van der Waals surface area contributed by atoms with Gasteiger partial charge in [-0.1, -0.05) is 0 Å². The molecule has 1 aromatic heterocycles. The molecule has 0 aliphatic carbocycles. The standard InChI is InChI=1S/C13H13N3O4/c1-8-11(7-17)9(2)15(14-8)12-5-4-10(16(18)19)6-13(12)20-3/h4-7H,1-3H3. The summed E-state index contributed by atoms with van der Waals surface area (Å²) in [5, 5.41) is 15.0. The third kappa shape index (κ3) is 2.13. The molecule has 0 atom stereocenters. The molecule has 0 unspecified atom stereocenters. The lowest BCUT2D eigenvalue weighted by molar-refractivity contribution is -0.384. The Morgan fingerprint density at radius 1 is 1.40 bits per heavy atom. The maximum atomic E-state index is 11.0. The van der Waals surface area contributed by atoms with E-state index in [4.69, 9.17) is 4.74 Å². The van der Waals surface area contributed by atoms with Crippen LogP contribution in [0.5, 0.6) is 5.75 Å². The molecular weight excluding hydrogens is 262 g/mol. The summed E-state index contributed by atoms with van der Waals surface area (Å²) in [6.45, 7) is 3.48. The summed E-state index contributed by atoms with van der Waals surface area (Å²) in [6.07, 6.45) is 0.742. The van der Waals surface area contributed by atoms with E-state index in [2.05, 4.69) is 5.10 Å². The second-order valence-electron chi connectivity index (χ2n) is 4.23. The monoisotopic (exact) mass is 275 g/mol. The SMILES string of the molecule is COc1cc([N+](=O)[O-])ccc1-n1nc(C)c(C=O)c1C. The highest BCUT2D eigenvalue weighted by atomic mass is 16.6. The summed E-state index contributed by atoms with van der Waals surface area (Å²) >= 11 is 0. The van der Waals surface area contributed by atoms with Crippen LogP contribution in [0.4, 0.5) is 5.69 Å². The van der Waals surface area contributed by atoms with Crippen LogP contribution in [0.25, 0.3) is 5.69 Å². The van der Waals surface area contributed by atoms with Gasteiger partial charge in [-0.05, 0) is 19.9 Å². The van der Waals surface area contributed by atoms with Crippen LogP contribution < -0.4 is 4.74 Å². The molecule has 7 heteroatoms. The van der Waals surface area contributed by atoms with E-state index in [1.165, 1.54) is 19.2 Å². The van der Waals surface area contributed by atoms with E-state index in [0.29, 0.717) is 28.4 Å². The molecule has 0 bridgehead atoms. The Morgan fingerprint density at radius 3 is 2.60 bits per heavy atom. The highest BCUT2D eigenvalue weighted by Gasteiger charge is 2.17. The van der Waals surface area contributed by atoms with Crippen molar-refractivity contribution < 1.29 is 14.5 Å². The maximum Gasteiger partial charge on any atom is 0.273 e. The zero-order valence-corrected chi connectivity index (χ0v) is 11.3. The summed E-state index contributed by atoms with van der Waals surface area (Å²) in [5.74, 6) is 0.322. The molecule has 2 rings (SSSR count). The number of nitro benzene ring substituents is 1. The topological polar surface area (TPSA) is 87.3 Å². The van der Waals surface area contributed by atoms with Gasteiger partial charge in [-0.15, -0.1) is 0 Å². The molecule has 0 saturated carbocycles. The van der Waals surface area contributed by atoms with Crippen molar-refractivity contribution in [1.29, 1.82) is 0 Å². The summed E-state index contributed by atoms with van der Waals surface area (Å²) in [5.41, 5.74) is 2.24. The Bertz CT molecular complexity index is 691. The minimum Gasteiger partial charge on any atom is -0.494 e. The van der Waals surface area contributed by atoms with Gasteiger partial charge in [-0.3, -0.25) is 14.9 Å². The number of rotatable bonds is 4. The first-order valence-electron chi connectivity index (χ1n) is 5.83. The number of nitrogens with zero attached hydrogens (tertiary/aromatic N) is 3. The van der Waals surface area contributed by atoms with Gasteiger partial charge in [0.2, 0.25) is 0 Å². The molecule has 1 heterocycles. The number of hydrogen-bond donors (Lipinski definition) is 0. The molecule has 0 aliphatic rings. The molecule has 0 aliphatic heterocycles. The van der Waals surface area contributed by atoms with Crippen molar-refractivity contribution in [3.8, 4) is 11.4 Å². The predicted molar refractivity (Wildman–Crippen MR) is 71.6 cm³/mol. The van der Waals surface area contributed by atoms with Gasteiger partial charge in [-0.25, -0.2) is 4.68 Å². The Hall–Kier alpha value is -2.70. The first-order chi connectivity index (χ1) is 9.49. The van der Waals surface area contributed by atoms with Crippen LogP contribution in [-0.2, 0) is 0 Å². The van der Waals surface area contributed by atoms with Gasteiger partial charge in [0, 0.05) is 6.07 Å². The van der Waals surface area contributed by atoms with Crippen LogP contribution in [0.2, 0.25) is 0 Å². The summed E-state index contributed by atoms with van der Waals surface area (Å²) < 4.78 is 6.72. The molecule has 0 spiro atoms. The number of hydrogen-bond acceptors (Lipinski definition) is 5. The molecule has 0 radical (unpaired) electrons. The molecule has 0 amide bonds. The van der Waals surface area contributed by atoms with Gasteiger partial charge in [0.05, 0.1) is 35.1 Å². The highest BCUT2D eigenvalue weighted by Crippen LogP contribution is 2.29. The fourth-order valence-corrected chi connectivity index (χ4v) is 2.01. The van der Waals surface area contributed by atoms with E-state index in [1.807, 2.05) is 0 Å². The average Bonchev–Trinajstić information content (AvgIpc) is 2.72. The van der Waals surface area contributed by atoms with Crippen molar-refractivity contribution in [2.75, 3.05) is 7.11 Å². The van der Waals surface area contributed by atoms with Crippen LogP contribution in [0.3, 0.4) is 0 Å². The lowest BCUT2D eigenvalue weighted by Gasteiger charge is -2.09. The Kier molecular flexibility index (Phi) is 3.51. The summed E-state index contributed by atoms with van der Waals surface area (Å²) in [4.78, 5) is 21.3. The van der Waals surface area contributed by atoms with Crippen LogP contribution >= 0.6 is 0 Å². The number of ether oxygens (including phenoxy) is 1. The van der Waals surface area contributed by atoms with Gasteiger partial charge in [0.15, 0.2) is 12.0 Å². The number of aromatic nitrogens is 2. The molecule has 20 heavy (non-hydrogen) atoms. The Labute approximate surface area is 114 Å².